The molecule has 4 rings (SSSR count). The molecule has 0 bridgehead atoms. The lowest BCUT2D eigenvalue weighted by molar-refractivity contribution is 0.130. The van der Waals surface area contributed by atoms with Crippen LogP contribution in [0.4, 0.5) is 21.0 Å². The zero-order chi connectivity index (χ0) is 28.4. The van der Waals surface area contributed by atoms with Gasteiger partial charge < -0.3 is 9.47 Å². The summed E-state index contributed by atoms with van der Waals surface area (Å²) in [6.07, 6.45) is 1.02. The zero-order valence-corrected chi connectivity index (χ0v) is 24.1. The molecule has 0 aliphatic carbocycles. The molecule has 1 aliphatic heterocycles. The van der Waals surface area contributed by atoms with Crippen molar-refractivity contribution in [3.8, 4) is 21.0 Å². The molecule has 1 fully saturated rings. The Morgan fingerprint density at radius 2 is 1.87 bits per heavy atom. The van der Waals surface area contributed by atoms with Crippen LogP contribution in [0.5, 0.6) is 0 Å². The number of carbonyl (C=O) groups is 2. The second kappa shape index (κ2) is 11.3. The summed E-state index contributed by atoms with van der Waals surface area (Å²) in [6.45, 7) is 9.62. The van der Waals surface area contributed by atoms with Crippen LogP contribution in [-0.4, -0.2) is 50.4 Å². The van der Waals surface area contributed by atoms with Crippen LogP contribution in [0, 0.1) is 0 Å². The summed E-state index contributed by atoms with van der Waals surface area (Å²) in [5.74, 6) is 0. The van der Waals surface area contributed by atoms with E-state index >= 15 is 0 Å². The molecule has 0 spiro atoms. The second-order valence-corrected chi connectivity index (χ2v) is 13.0. The fourth-order valence-corrected chi connectivity index (χ4v) is 6.62. The van der Waals surface area contributed by atoms with Gasteiger partial charge in [-0.05, 0) is 77.4 Å². The van der Waals surface area contributed by atoms with Gasteiger partial charge in [-0.2, -0.15) is 0 Å². The number of hydrogen-bond acceptors (Lipinski definition) is 8. The number of cyclic esters (lactones) is 1. The standard InChI is InChI=1S/C27H32N4O6S2/c1-17(2)37-25(32)29-19-9-7-18(8-10-19)24-28-16-22(38-24)21-12-11-20(31-13-6-14-36-26(31)33)15-23(21)39(34,35)30-27(3,4)5/h7-12,15-17,30H,6,13-14H2,1-5H3,(H,29,32). The molecule has 1 saturated heterocycles. The van der Waals surface area contributed by atoms with Crippen LogP contribution >= 0.6 is 11.3 Å². The fourth-order valence-electron chi connectivity index (χ4n) is 3.94. The minimum Gasteiger partial charge on any atom is -0.449 e. The fraction of sp³-hybridized carbons (Fsp3) is 0.370. The number of ether oxygens (including phenoxy) is 2. The minimum atomic E-state index is -3.96. The topological polar surface area (TPSA) is 127 Å². The monoisotopic (exact) mass is 572 g/mol. The first kappa shape index (κ1) is 28.5. The predicted octanol–water partition coefficient (Wildman–Crippen LogP) is 5.86. The first-order valence-corrected chi connectivity index (χ1v) is 14.8. The van der Waals surface area contributed by atoms with Crippen LogP contribution in [-0.2, 0) is 19.5 Å². The Bertz CT molecular complexity index is 1460. The molecule has 0 radical (unpaired) electrons. The quantitative estimate of drug-likeness (QED) is 0.363. The first-order chi connectivity index (χ1) is 18.3. The Kier molecular flexibility index (Phi) is 8.28. The molecule has 3 aromatic rings. The van der Waals surface area contributed by atoms with Crippen LogP contribution in [0.2, 0.25) is 0 Å². The van der Waals surface area contributed by atoms with E-state index in [2.05, 4.69) is 15.0 Å². The summed E-state index contributed by atoms with van der Waals surface area (Å²) in [5.41, 5.74) is 1.58. The third-order valence-corrected chi connectivity index (χ3v) is 8.35. The zero-order valence-electron chi connectivity index (χ0n) is 22.5. The van der Waals surface area contributed by atoms with Gasteiger partial charge in [-0.25, -0.2) is 27.7 Å². The van der Waals surface area contributed by atoms with Gasteiger partial charge >= 0.3 is 12.2 Å². The number of hydrogen-bond donors (Lipinski definition) is 2. The van der Waals surface area contributed by atoms with E-state index in [9.17, 15) is 18.0 Å². The van der Waals surface area contributed by atoms with Crippen molar-refractivity contribution in [3.63, 3.8) is 0 Å². The van der Waals surface area contributed by atoms with Gasteiger partial charge in [0.15, 0.2) is 0 Å². The largest absolute Gasteiger partial charge is 0.449 e. The summed E-state index contributed by atoms with van der Waals surface area (Å²) >= 11 is 1.34. The molecule has 0 unspecified atom stereocenters. The van der Waals surface area contributed by atoms with Gasteiger partial charge in [0, 0.05) is 40.8 Å². The Morgan fingerprint density at radius 1 is 1.15 bits per heavy atom. The average Bonchev–Trinajstić information content (AvgIpc) is 3.33. The van der Waals surface area contributed by atoms with Gasteiger partial charge in [0.1, 0.15) is 5.01 Å². The van der Waals surface area contributed by atoms with E-state index in [0.717, 1.165) is 5.56 Å². The van der Waals surface area contributed by atoms with E-state index in [-0.39, 0.29) is 11.0 Å². The molecule has 2 amide bonds. The molecule has 2 N–H and O–H groups in total. The van der Waals surface area contributed by atoms with Crippen molar-refractivity contribution in [3.05, 3.63) is 48.7 Å². The van der Waals surface area contributed by atoms with Crippen molar-refractivity contribution >= 4 is 44.9 Å². The smallest absolute Gasteiger partial charge is 0.414 e. The first-order valence-electron chi connectivity index (χ1n) is 12.5. The maximum atomic E-state index is 13.5. The lowest BCUT2D eigenvalue weighted by Crippen LogP contribution is -2.41. The van der Waals surface area contributed by atoms with Crippen LogP contribution < -0.4 is 14.9 Å². The summed E-state index contributed by atoms with van der Waals surface area (Å²) in [6, 6.07) is 12.0. The molecule has 2 aromatic carbocycles. The average molecular weight is 573 g/mol. The normalized spacial score (nSPS) is 14.3. The molecular weight excluding hydrogens is 540 g/mol. The molecular formula is C27H32N4O6S2. The van der Waals surface area contributed by atoms with Crippen molar-refractivity contribution in [1.29, 1.82) is 0 Å². The summed E-state index contributed by atoms with van der Waals surface area (Å²) in [5, 5.41) is 3.35. The van der Waals surface area contributed by atoms with E-state index in [0.29, 0.717) is 46.4 Å². The van der Waals surface area contributed by atoms with E-state index in [4.69, 9.17) is 9.47 Å². The third-order valence-electron chi connectivity index (χ3n) is 5.47. The number of aromatic nitrogens is 1. The number of thiazole rings is 1. The van der Waals surface area contributed by atoms with Gasteiger partial charge in [-0.3, -0.25) is 10.2 Å². The number of amides is 2. The molecule has 208 valence electrons. The second-order valence-electron chi connectivity index (χ2n) is 10.3. The molecule has 10 nitrogen and oxygen atoms in total. The van der Waals surface area contributed by atoms with Crippen LogP contribution in [0.25, 0.3) is 21.0 Å². The van der Waals surface area contributed by atoms with E-state index < -0.39 is 27.7 Å². The van der Waals surface area contributed by atoms with Crippen molar-refractivity contribution in [2.75, 3.05) is 23.4 Å². The van der Waals surface area contributed by atoms with Gasteiger partial charge in [0.05, 0.1) is 22.5 Å². The lowest BCUT2D eigenvalue weighted by Gasteiger charge is -2.27. The van der Waals surface area contributed by atoms with Crippen molar-refractivity contribution in [2.45, 2.75) is 57.6 Å². The number of carbonyl (C=O) groups excluding carboxylic acids is 2. The molecule has 0 atom stereocenters. The Balaban J connectivity index is 1.67. The maximum absolute atomic E-state index is 13.5. The molecule has 2 heterocycles. The third kappa shape index (κ3) is 7.14. The summed E-state index contributed by atoms with van der Waals surface area (Å²) in [7, 11) is -3.96. The van der Waals surface area contributed by atoms with Crippen molar-refractivity contribution in [2.24, 2.45) is 0 Å². The SMILES string of the molecule is CC(C)OC(=O)Nc1ccc(-c2ncc(-c3ccc(N4CCCOC4=O)cc3S(=O)(=O)NC(C)(C)C)s2)cc1. The summed E-state index contributed by atoms with van der Waals surface area (Å²) in [4.78, 5) is 30.8. The van der Waals surface area contributed by atoms with Crippen molar-refractivity contribution < 1.29 is 27.5 Å². The molecule has 0 saturated carbocycles. The Hall–Kier alpha value is -3.48. The lowest BCUT2D eigenvalue weighted by atomic mass is 10.1. The van der Waals surface area contributed by atoms with Gasteiger partial charge in [-0.15, -0.1) is 11.3 Å². The highest BCUT2D eigenvalue weighted by Gasteiger charge is 2.29. The number of benzene rings is 2. The van der Waals surface area contributed by atoms with E-state index in [1.54, 1.807) is 65.1 Å². The van der Waals surface area contributed by atoms with Gasteiger partial charge in [0.25, 0.3) is 0 Å². The van der Waals surface area contributed by atoms with Crippen LogP contribution in [0.3, 0.4) is 0 Å². The van der Waals surface area contributed by atoms with E-state index in [1.165, 1.54) is 22.3 Å². The Labute approximate surface area is 232 Å². The molecule has 12 heteroatoms. The van der Waals surface area contributed by atoms with E-state index in [1.807, 2.05) is 12.1 Å². The number of sulfonamides is 1. The Morgan fingerprint density at radius 3 is 2.51 bits per heavy atom. The van der Waals surface area contributed by atoms with Crippen LogP contribution in [0.15, 0.2) is 53.6 Å². The summed E-state index contributed by atoms with van der Waals surface area (Å²) < 4.78 is 40.0. The molecule has 1 aromatic heterocycles. The number of anilines is 2. The number of nitrogens with one attached hydrogen (secondary N) is 2. The highest BCUT2D eigenvalue weighted by Crippen LogP contribution is 2.38. The maximum Gasteiger partial charge on any atom is 0.414 e. The van der Waals surface area contributed by atoms with Gasteiger partial charge in [0.2, 0.25) is 10.0 Å². The molecule has 39 heavy (non-hydrogen) atoms. The highest BCUT2D eigenvalue weighted by molar-refractivity contribution is 7.89. The number of nitrogens with zero attached hydrogens (tertiary/aromatic N) is 2. The number of rotatable bonds is 7. The predicted molar refractivity (Wildman–Crippen MR) is 152 cm³/mol. The van der Waals surface area contributed by atoms with Crippen molar-refractivity contribution in [1.82, 2.24) is 9.71 Å². The van der Waals surface area contributed by atoms with Gasteiger partial charge in [-0.1, -0.05) is 6.07 Å². The van der Waals surface area contributed by atoms with Crippen LogP contribution in [0.1, 0.15) is 41.0 Å². The highest BCUT2D eigenvalue weighted by atomic mass is 32.2. The molecule has 1 aliphatic rings. The minimum absolute atomic E-state index is 0.0479.